The number of halogens is 1. The Hall–Kier alpha value is -3.55. The zero-order valence-corrected chi connectivity index (χ0v) is 17.9. The van der Waals surface area contributed by atoms with Gasteiger partial charge in [0.1, 0.15) is 17.5 Å². The van der Waals surface area contributed by atoms with E-state index in [4.69, 9.17) is 15.2 Å². The Morgan fingerprint density at radius 3 is 2.57 bits per heavy atom. The number of rotatable bonds is 5. The van der Waals surface area contributed by atoms with Crippen molar-refractivity contribution in [1.29, 1.82) is 10.5 Å². The Labute approximate surface area is 182 Å². The lowest BCUT2D eigenvalue weighted by atomic mass is 10.0. The van der Waals surface area contributed by atoms with Gasteiger partial charge in [-0.1, -0.05) is 19.1 Å². The van der Waals surface area contributed by atoms with Crippen LogP contribution in [0.1, 0.15) is 46.4 Å². The molecule has 30 heavy (non-hydrogen) atoms. The van der Waals surface area contributed by atoms with Crippen LogP contribution in [0.5, 0.6) is 0 Å². The Bertz CT molecular complexity index is 1330. The molecule has 0 aliphatic heterocycles. The first-order chi connectivity index (χ1) is 14.6. The number of nitrogens with one attached hydrogen (secondary N) is 1. The van der Waals surface area contributed by atoms with Crippen molar-refractivity contribution >= 4 is 27.0 Å². The van der Waals surface area contributed by atoms with Crippen molar-refractivity contribution in [3.63, 3.8) is 0 Å². The van der Waals surface area contributed by atoms with Gasteiger partial charge in [-0.05, 0) is 51.7 Å². The Balaban J connectivity index is 1.80. The molecule has 0 unspecified atom stereocenters. The van der Waals surface area contributed by atoms with Crippen molar-refractivity contribution in [2.24, 2.45) is 0 Å². The maximum Gasteiger partial charge on any atom is 0.142 e. The van der Waals surface area contributed by atoms with Gasteiger partial charge < -0.3 is 4.98 Å². The lowest BCUT2D eigenvalue weighted by Gasteiger charge is -2.08. The van der Waals surface area contributed by atoms with Gasteiger partial charge in [-0.25, -0.2) is 9.97 Å². The molecule has 0 fully saturated rings. The lowest BCUT2D eigenvalue weighted by molar-refractivity contribution is 0.934. The zero-order chi connectivity index (χ0) is 21.1. The summed E-state index contributed by atoms with van der Waals surface area (Å²) in [6.45, 7) is 2.08. The summed E-state index contributed by atoms with van der Waals surface area (Å²) >= 11 is 3.71. The molecule has 0 bridgehead atoms. The topological polar surface area (TPSA) is 102 Å². The van der Waals surface area contributed by atoms with E-state index in [1.807, 2.05) is 18.2 Å². The largest absolute Gasteiger partial charge is 0.342 e. The van der Waals surface area contributed by atoms with E-state index in [-0.39, 0.29) is 0 Å². The minimum atomic E-state index is 0.474. The second kappa shape index (κ2) is 8.44. The average Bonchev–Trinajstić information content (AvgIpc) is 3.09. The van der Waals surface area contributed by atoms with Crippen LogP contribution in [-0.2, 0) is 19.3 Å². The number of hydrogen-bond acceptors (Lipinski definition) is 5. The normalized spacial score (nSPS) is 10.7. The van der Waals surface area contributed by atoms with Crippen molar-refractivity contribution in [2.45, 2.75) is 26.2 Å². The lowest BCUT2D eigenvalue weighted by Crippen LogP contribution is -2.03. The average molecular weight is 457 g/mol. The quantitative estimate of drug-likeness (QED) is 0.472. The molecule has 4 rings (SSSR count). The van der Waals surface area contributed by atoms with Gasteiger partial charge in [0.2, 0.25) is 0 Å². The number of fused-ring (bicyclic) bond motifs is 1. The molecule has 1 aromatic carbocycles. The number of aryl methyl sites for hydroxylation is 1. The molecule has 1 N–H and O–H groups in total. The van der Waals surface area contributed by atoms with E-state index in [0.717, 1.165) is 44.4 Å². The first-order valence-corrected chi connectivity index (χ1v) is 10.3. The van der Waals surface area contributed by atoms with E-state index in [2.05, 4.69) is 45.0 Å². The molecule has 0 amide bonds. The molecule has 0 radical (unpaired) electrons. The number of aromatic amines is 1. The van der Waals surface area contributed by atoms with Crippen LogP contribution >= 0.6 is 15.9 Å². The van der Waals surface area contributed by atoms with Crippen molar-refractivity contribution in [2.75, 3.05) is 0 Å². The van der Waals surface area contributed by atoms with Gasteiger partial charge in [-0.15, -0.1) is 0 Å². The minimum Gasteiger partial charge on any atom is -0.342 e. The summed E-state index contributed by atoms with van der Waals surface area (Å²) in [7, 11) is 0. The van der Waals surface area contributed by atoms with Gasteiger partial charge in [0, 0.05) is 35.4 Å². The first-order valence-electron chi connectivity index (χ1n) is 9.50. The second-order valence-corrected chi connectivity index (χ2v) is 7.73. The fraction of sp³-hybridized carbons (Fsp3) is 0.174. The van der Waals surface area contributed by atoms with E-state index in [9.17, 15) is 5.26 Å². The number of H-pyrrole nitrogens is 1. The highest BCUT2D eigenvalue weighted by molar-refractivity contribution is 9.10. The highest BCUT2D eigenvalue weighted by atomic mass is 79.9. The standard InChI is InChI=1S/C23H17BrN6/c1-2-18-22(24)21-19(8-14-4-3-5-15(6-14)10-25)28-20(30-23(21)29-18)9-16-7-17(11-26)13-27-12-16/h3-7,12-13H,2,8-9H2,1H3,(H,28,29,30). The fourth-order valence-corrected chi connectivity index (χ4v) is 4.25. The van der Waals surface area contributed by atoms with Crippen LogP contribution in [0.15, 0.2) is 47.2 Å². The summed E-state index contributed by atoms with van der Waals surface area (Å²) in [5.41, 5.74) is 5.76. The van der Waals surface area contributed by atoms with Crippen LogP contribution in [0.25, 0.3) is 11.0 Å². The Kier molecular flexibility index (Phi) is 5.56. The van der Waals surface area contributed by atoms with Crippen LogP contribution in [0.3, 0.4) is 0 Å². The molecule has 6 nitrogen and oxygen atoms in total. The number of pyridine rings is 1. The monoisotopic (exact) mass is 456 g/mol. The molecule has 0 atom stereocenters. The number of aromatic nitrogens is 4. The summed E-state index contributed by atoms with van der Waals surface area (Å²) in [6, 6.07) is 13.7. The Morgan fingerprint density at radius 2 is 1.80 bits per heavy atom. The van der Waals surface area contributed by atoms with E-state index in [0.29, 0.717) is 29.8 Å². The summed E-state index contributed by atoms with van der Waals surface area (Å²) in [5.74, 6) is 0.655. The second-order valence-electron chi connectivity index (χ2n) is 6.94. The first kappa shape index (κ1) is 19.8. The predicted molar refractivity (Wildman–Crippen MR) is 117 cm³/mol. The van der Waals surface area contributed by atoms with Gasteiger partial charge in [0.15, 0.2) is 0 Å². The van der Waals surface area contributed by atoms with Crippen LogP contribution in [0, 0.1) is 22.7 Å². The number of nitriles is 2. The smallest absolute Gasteiger partial charge is 0.142 e. The number of hydrogen-bond donors (Lipinski definition) is 1. The van der Waals surface area contributed by atoms with Gasteiger partial charge >= 0.3 is 0 Å². The predicted octanol–water partition coefficient (Wildman–Crippen LogP) is 4.60. The summed E-state index contributed by atoms with van der Waals surface area (Å²) < 4.78 is 0.978. The summed E-state index contributed by atoms with van der Waals surface area (Å²) in [4.78, 5) is 17.1. The maximum atomic E-state index is 9.21. The van der Waals surface area contributed by atoms with E-state index < -0.39 is 0 Å². The molecule has 0 spiro atoms. The summed E-state index contributed by atoms with van der Waals surface area (Å²) in [6.07, 6.45) is 5.16. The van der Waals surface area contributed by atoms with E-state index in [1.165, 1.54) is 6.20 Å². The molecular formula is C23H17BrN6. The number of benzene rings is 1. The van der Waals surface area contributed by atoms with Crippen LogP contribution < -0.4 is 0 Å². The molecule has 3 heterocycles. The maximum absolute atomic E-state index is 9.21. The highest BCUT2D eigenvalue weighted by Crippen LogP contribution is 2.31. The SMILES string of the molecule is CCc1[nH]c2nc(Cc3cncc(C#N)c3)nc(Cc3cccc(C#N)c3)c2c1Br. The van der Waals surface area contributed by atoms with Gasteiger partial charge in [-0.2, -0.15) is 10.5 Å². The molecule has 3 aromatic heterocycles. The zero-order valence-electron chi connectivity index (χ0n) is 16.3. The molecule has 146 valence electrons. The van der Waals surface area contributed by atoms with E-state index in [1.54, 1.807) is 18.3 Å². The van der Waals surface area contributed by atoms with E-state index >= 15 is 0 Å². The molecule has 7 heteroatoms. The molecule has 0 aliphatic carbocycles. The van der Waals surface area contributed by atoms with Gasteiger partial charge in [-0.3, -0.25) is 4.98 Å². The van der Waals surface area contributed by atoms with Crippen LogP contribution in [-0.4, -0.2) is 19.9 Å². The van der Waals surface area contributed by atoms with Crippen molar-refractivity contribution in [3.8, 4) is 12.1 Å². The van der Waals surface area contributed by atoms with Crippen molar-refractivity contribution < 1.29 is 0 Å². The van der Waals surface area contributed by atoms with Gasteiger partial charge in [0.05, 0.1) is 28.3 Å². The number of nitrogens with zero attached hydrogens (tertiary/aromatic N) is 5. The third kappa shape index (κ3) is 3.94. The van der Waals surface area contributed by atoms with Crippen LogP contribution in [0.4, 0.5) is 0 Å². The van der Waals surface area contributed by atoms with Crippen molar-refractivity contribution in [3.05, 3.63) is 86.7 Å². The summed E-state index contributed by atoms with van der Waals surface area (Å²) in [5, 5.41) is 19.3. The molecule has 0 saturated carbocycles. The highest BCUT2D eigenvalue weighted by Gasteiger charge is 2.17. The molecule has 0 saturated heterocycles. The van der Waals surface area contributed by atoms with Crippen LogP contribution in [0.2, 0.25) is 0 Å². The molecule has 0 aliphatic rings. The van der Waals surface area contributed by atoms with Gasteiger partial charge in [0.25, 0.3) is 0 Å². The fourth-order valence-electron chi connectivity index (χ4n) is 3.45. The minimum absolute atomic E-state index is 0.474. The Morgan fingerprint density at radius 1 is 1.00 bits per heavy atom. The molecular weight excluding hydrogens is 440 g/mol. The third-order valence-corrected chi connectivity index (χ3v) is 5.73. The third-order valence-electron chi connectivity index (χ3n) is 4.85. The molecule has 4 aromatic rings. The van der Waals surface area contributed by atoms with Crippen molar-refractivity contribution in [1.82, 2.24) is 19.9 Å².